The molecule has 0 aliphatic carbocycles. The van der Waals surface area contributed by atoms with Crippen LogP contribution < -0.4 is 5.73 Å². The third-order valence-electron chi connectivity index (χ3n) is 14.1. The van der Waals surface area contributed by atoms with Crippen molar-refractivity contribution in [2.45, 2.75) is 296 Å². The lowest BCUT2D eigenvalue weighted by atomic mass is 10.0. The van der Waals surface area contributed by atoms with E-state index in [1.54, 1.807) is 0 Å². The molecule has 10 heteroatoms. The van der Waals surface area contributed by atoms with E-state index in [1.165, 1.54) is 161 Å². The number of carbonyl (C=O) groups is 2. The number of phosphoric acid groups is 1. The van der Waals surface area contributed by atoms with Gasteiger partial charge in [0.05, 0.1) is 13.2 Å². The van der Waals surface area contributed by atoms with E-state index in [9.17, 15) is 19.0 Å². The molecule has 2 atom stereocenters. The van der Waals surface area contributed by atoms with Crippen LogP contribution in [0.4, 0.5) is 0 Å². The molecule has 470 valence electrons. The number of hydrogen-bond donors (Lipinski definition) is 2. The van der Waals surface area contributed by atoms with Crippen molar-refractivity contribution in [3.05, 3.63) is 122 Å². The van der Waals surface area contributed by atoms with Crippen molar-refractivity contribution in [3.63, 3.8) is 0 Å². The van der Waals surface area contributed by atoms with Gasteiger partial charge in [0.25, 0.3) is 0 Å². The predicted octanol–water partition coefficient (Wildman–Crippen LogP) is 21.9. The molecule has 0 aliphatic rings. The molecule has 0 aromatic carbocycles. The van der Waals surface area contributed by atoms with Crippen LogP contribution >= 0.6 is 7.82 Å². The smallest absolute Gasteiger partial charge is 0.462 e. The summed E-state index contributed by atoms with van der Waals surface area (Å²) in [6.07, 6.45) is 92.9. The van der Waals surface area contributed by atoms with Gasteiger partial charge in [-0.3, -0.25) is 18.6 Å². The molecule has 0 amide bonds. The average molecular weight is 1160 g/mol. The Morgan fingerprint density at radius 1 is 0.378 bits per heavy atom. The molecular weight excluding hydrogens is 1040 g/mol. The van der Waals surface area contributed by atoms with E-state index in [0.29, 0.717) is 6.42 Å². The first kappa shape index (κ1) is 78.4. The molecule has 0 rings (SSSR count). The van der Waals surface area contributed by atoms with Crippen LogP contribution in [-0.2, 0) is 32.7 Å². The lowest BCUT2D eigenvalue weighted by molar-refractivity contribution is -0.161. The van der Waals surface area contributed by atoms with E-state index in [0.717, 1.165) is 96.3 Å². The van der Waals surface area contributed by atoms with Crippen LogP contribution in [0.5, 0.6) is 0 Å². The van der Waals surface area contributed by atoms with Gasteiger partial charge in [-0.1, -0.05) is 309 Å². The van der Waals surface area contributed by atoms with Gasteiger partial charge in [0.1, 0.15) is 6.61 Å². The van der Waals surface area contributed by atoms with Crippen LogP contribution in [-0.4, -0.2) is 49.3 Å². The molecule has 0 spiro atoms. The first-order valence-corrected chi connectivity index (χ1v) is 35.0. The van der Waals surface area contributed by atoms with Crippen molar-refractivity contribution >= 4 is 19.8 Å². The Morgan fingerprint density at radius 2 is 0.671 bits per heavy atom. The predicted molar refractivity (Wildman–Crippen MR) is 353 cm³/mol. The Hall–Kier alpha value is -3.59. The molecule has 0 radical (unpaired) electrons. The minimum atomic E-state index is -4.41. The monoisotopic (exact) mass is 1160 g/mol. The summed E-state index contributed by atoms with van der Waals surface area (Å²) in [7, 11) is -4.41. The minimum absolute atomic E-state index is 0.0411. The second kappa shape index (κ2) is 66.5. The highest BCUT2D eigenvalue weighted by atomic mass is 31.2. The van der Waals surface area contributed by atoms with Crippen LogP contribution in [0.15, 0.2) is 122 Å². The maximum absolute atomic E-state index is 12.7. The largest absolute Gasteiger partial charge is 0.472 e. The maximum atomic E-state index is 12.7. The van der Waals surface area contributed by atoms with Gasteiger partial charge in [0, 0.05) is 19.4 Å². The summed E-state index contributed by atoms with van der Waals surface area (Å²) in [6.45, 7) is 3.60. The van der Waals surface area contributed by atoms with E-state index in [-0.39, 0.29) is 32.6 Å². The zero-order valence-electron chi connectivity index (χ0n) is 52.7. The molecule has 9 nitrogen and oxygen atoms in total. The Balaban J connectivity index is 4.02. The summed E-state index contributed by atoms with van der Waals surface area (Å²) in [4.78, 5) is 35.3. The Morgan fingerprint density at radius 3 is 1.00 bits per heavy atom. The standard InChI is InChI=1S/C72H124NO8P/c1-3-5-7-9-11-13-15-17-19-21-23-25-27-29-31-33-34-35-36-37-39-41-43-45-47-49-51-53-55-57-59-61-63-65-72(75)81-70(69-80-82(76,77)79-67-66-73)68-78-71(74)64-62-60-58-56-54-52-50-48-46-44-42-40-38-32-30-28-26-24-22-20-18-16-14-12-10-8-6-4-2/h5,7,11,13,17,19,23,25,29,31,34-35,37,39,43,45,49,51,55,57,70H,3-4,6,8-10,12,14-16,18,20-22,24,26-28,30,32-33,36,38,40-42,44,46-48,50,52-54,56,58-69,73H2,1-2H3,(H,76,77)/b7-5-,13-11-,19-17-,25-23-,31-29-,35-34-,39-37-,45-43-,51-49-,57-55-. The number of phosphoric ester groups is 1. The molecule has 0 bridgehead atoms. The Kier molecular flexibility index (Phi) is 63.6. The van der Waals surface area contributed by atoms with E-state index >= 15 is 0 Å². The molecule has 0 fully saturated rings. The zero-order chi connectivity index (χ0) is 59.4. The van der Waals surface area contributed by atoms with Crippen molar-refractivity contribution in [2.24, 2.45) is 5.73 Å². The van der Waals surface area contributed by atoms with Crippen LogP contribution in [0.2, 0.25) is 0 Å². The maximum Gasteiger partial charge on any atom is 0.472 e. The average Bonchev–Trinajstić information content (AvgIpc) is 3.47. The summed E-state index contributed by atoms with van der Waals surface area (Å²) in [6, 6.07) is 0. The third-order valence-corrected chi connectivity index (χ3v) is 15.1. The van der Waals surface area contributed by atoms with E-state index < -0.39 is 32.5 Å². The van der Waals surface area contributed by atoms with E-state index in [4.69, 9.17) is 24.3 Å². The Labute approximate surface area is 504 Å². The van der Waals surface area contributed by atoms with Gasteiger partial charge >= 0.3 is 19.8 Å². The number of unbranched alkanes of at least 4 members (excludes halogenated alkanes) is 29. The second-order valence-corrected chi connectivity index (χ2v) is 23.4. The SMILES string of the molecule is CC/C=C\C/C=C\C/C=C\C/C=C\C/C=C\C/C=C\C/C=C\C/C=C\C/C=C\C/C=C\CCCCC(=O)OC(COC(=O)CCCCCCCCCCCCCCCCCCCCCCCCCCCCCC)COP(=O)(O)OCCN. The van der Waals surface area contributed by atoms with Crippen molar-refractivity contribution < 1.29 is 37.6 Å². The Bertz CT molecular complexity index is 1760. The number of hydrogen-bond acceptors (Lipinski definition) is 8. The molecule has 0 aromatic rings. The molecule has 2 unspecified atom stereocenters. The number of nitrogens with two attached hydrogens (primary N) is 1. The fourth-order valence-electron chi connectivity index (χ4n) is 9.20. The van der Waals surface area contributed by atoms with Gasteiger partial charge in [0.15, 0.2) is 6.10 Å². The third kappa shape index (κ3) is 65.6. The van der Waals surface area contributed by atoms with Gasteiger partial charge in [0.2, 0.25) is 0 Å². The minimum Gasteiger partial charge on any atom is -0.462 e. The van der Waals surface area contributed by atoms with Crippen LogP contribution in [0.3, 0.4) is 0 Å². The first-order chi connectivity index (χ1) is 40.3. The molecule has 82 heavy (non-hydrogen) atoms. The second-order valence-electron chi connectivity index (χ2n) is 22.0. The summed E-state index contributed by atoms with van der Waals surface area (Å²) in [5.74, 6) is -0.876. The van der Waals surface area contributed by atoms with Crippen LogP contribution in [0.25, 0.3) is 0 Å². The molecule has 0 saturated carbocycles. The fourth-order valence-corrected chi connectivity index (χ4v) is 9.96. The van der Waals surface area contributed by atoms with Gasteiger partial charge in [-0.2, -0.15) is 0 Å². The van der Waals surface area contributed by atoms with Crippen molar-refractivity contribution in [1.82, 2.24) is 0 Å². The van der Waals surface area contributed by atoms with Crippen LogP contribution in [0.1, 0.15) is 290 Å². The van der Waals surface area contributed by atoms with Gasteiger partial charge < -0.3 is 20.1 Å². The number of rotatable bonds is 62. The molecule has 0 aromatic heterocycles. The number of ether oxygens (including phenoxy) is 2. The molecule has 0 aliphatic heterocycles. The number of allylic oxidation sites excluding steroid dienone is 20. The first-order valence-electron chi connectivity index (χ1n) is 33.5. The molecule has 0 heterocycles. The highest BCUT2D eigenvalue weighted by molar-refractivity contribution is 7.47. The topological polar surface area (TPSA) is 134 Å². The van der Waals surface area contributed by atoms with Crippen molar-refractivity contribution in [1.29, 1.82) is 0 Å². The summed E-state index contributed by atoms with van der Waals surface area (Å²) < 4.78 is 33.1. The van der Waals surface area contributed by atoms with E-state index in [2.05, 4.69) is 135 Å². The van der Waals surface area contributed by atoms with Crippen molar-refractivity contribution in [2.75, 3.05) is 26.4 Å². The number of carbonyl (C=O) groups excluding carboxylic acids is 2. The van der Waals surface area contributed by atoms with Gasteiger partial charge in [-0.05, 0) is 89.9 Å². The quantitative estimate of drug-likeness (QED) is 0.0264. The summed E-state index contributed by atoms with van der Waals surface area (Å²) in [5.41, 5.74) is 5.39. The lowest BCUT2D eigenvalue weighted by Gasteiger charge is -2.19. The highest BCUT2D eigenvalue weighted by Gasteiger charge is 2.26. The lowest BCUT2D eigenvalue weighted by Crippen LogP contribution is -2.29. The van der Waals surface area contributed by atoms with Crippen LogP contribution in [0, 0.1) is 0 Å². The fraction of sp³-hybridized carbons (Fsp3) is 0.694. The molecular formula is C72H124NO8P. The normalized spacial score (nSPS) is 13.8. The highest BCUT2D eigenvalue weighted by Crippen LogP contribution is 2.43. The summed E-state index contributed by atoms with van der Waals surface area (Å²) >= 11 is 0. The van der Waals surface area contributed by atoms with Gasteiger partial charge in [-0.15, -0.1) is 0 Å². The van der Waals surface area contributed by atoms with Gasteiger partial charge in [-0.25, -0.2) is 4.57 Å². The number of esters is 2. The molecule has 3 N–H and O–H groups in total. The van der Waals surface area contributed by atoms with E-state index in [1.807, 2.05) is 0 Å². The zero-order valence-corrected chi connectivity index (χ0v) is 53.6. The molecule has 0 saturated heterocycles. The van der Waals surface area contributed by atoms with Crippen molar-refractivity contribution in [3.8, 4) is 0 Å². The summed E-state index contributed by atoms with van der Waals surface area (Å²) in [5, 5.41) is 0.